The lowest BCUT2D eigenvalue weighted by molar-refractivity contribution is 0.0185. The van der Waals surface area contributed by atoms with Gasteiger partial charge in [0.15, 0.2) is 0 Å². The van der Waals surface area contributed by atoms with E-state index in [0.717, 1.165) is 45.8 Å². The van der Waals surface area contributed by atoms with Crippen molar-refractivity contribution in [2.45, 2.75) is 114 Å². The molecule has 8 aliphatic carbocycles. The van der Waals surface area contributed by atoms with Crippen molar-refractivity contribution in [1.82, 2.24) is 0 Å². The normalized spacial score (nSPS) is 32.1. The third-order valence-electron chi connectivity index (χ3n) is 14.9. The van der Waals surface area contributed by atoms with Gasteiger partial charge in [0, 0.05) is 0 Å². The lowest BCUT2D eigenvalue weighted by Gasteiger charge is -2.67. The van der Waals surface area contributed by atoms with Crippen LogP contribution in [0.5, 0.6) is 0 Å². The van der Waals surface area contributed by atoms with Gasteiger partial charge in [-0.05, 0) is 191 Å². The highest BCUT2D eigenvalue weighted by Crippen LogP contribution is 2.79. The minimum atomic E-state index is -0.309. The van der Waals surface area contributed by atoms with Crippen LogP contribution in [0.1, 0.15) is 103 Å². The van der Waals surface area contributed by atoms with E-state index in [-0.39, 0.29) is 23.8 Å². The van der Waals surface area contributed by atoms with Gasteiger partial charge in [-0.1, -0.05) is 143 Å². The number of benzene rings is 4. The lowest BCUT2D eigenvalue weighted by atomic mass is 9.55. The fourth-order valence-corrected chi connectivity index (χ4v) is 24.1. The highest BCUT2D eigenvalue weighted by atomic mass is 31.1. The molecule has 0 N–H and O–H groups in total. The van der Waals surface area contributed by atoms with Gasteiger partial charge in [-0.25, -0.2) is 0 Å². The van der Waals surface area contributed by atoms with E-state index in [1.807, 2.05) is 0 Å². The molecule has 284 valence electrons. The molecule has 0 unspecified atom stereocenters. The topological polar surface area (TPSA) is 0 Å². The lowest BCUT2D eigenvalue weighted by Crippen LogP contribution is -2.56. The summed E-state index contributed by atoms with van der Waals surface area (Å²) in [6, 6.07) is 44.3. The summed E-state index contributed by atoms with van der Waals surface area (Å²) in [5.41, 5.74) is 0. The van der Waals surface area contributed by atoms with Crippen LogP contribution in [0.15, 0.2) is 121 Å². The van der Waals surface area contributed by atoms with Crippen LogP contribution >= 0.6 is 23.8 Å². The van der Waals surface area contributed by atoms with Crippen molar-refractivity contribution in [1.29, 1.82) is 0 Å². The Hall–Kier alpha value is -1.83. The van der Waals surface area contributed by atoms with E-state index in [0.29, 0.717) is 0 Å². The standard InChI is InChI=1S/C27H26P2.C24H39P/c1-5-14-24(15-6-1)28(25-16-7-2-8-17-25)22-13-23-29(26-18-9-3-10-19-26)27-20-11-4-12-21-27;1-2-3-4-25(23-11-17-5-18(12-23)7-19(6-17)13-23)24-14-20-8-21(15-24)10-22(9-20)16-24/h1-12,14-21H,13,22-23H2;17-22H,2-16H2,1H3. The molecule has 0 spiro atoms. The molecule has 3 heteroatoms. The van der Waals surface area contributed by atoms with Crippen molar-refractivity contribution in [2.24, 2.45) is 35.5 Å². The third-order valence-corrected chi connectivity index (χ3v) is 24.3. The molecule has 0 heterocycles. The predicted octanol–water partition coefficient (Wildman–Crippen LogP) is 12.8. The Labute approximate surface area is 332 Å². The van der Waals surface area contributed by atoms with E-state index >= 15 is 0 Å². The first-order chi connectivity index (χ1) is 26.6. The largest absolute Gasteiger partial charge is 0.0939 e. The first-order valence-corrected chi connectivity index (χ1v) is 26.7. The molecule has 4 aromatic rings. The summed E-state index contributed by atoms with van der Waals surface area (Å²) in [6.45, 7) is 2.45. The van der Waals surface area contributed by atoms with Gasteiger partial charge in [0.25, 0.3) is 0 Å². The highest BCUT2D eigenvalue weighted by molar-refractivity contribution is 7.74. The average molecular weight is 771 g/mol. The summed E-state index contributed by atoms with van der Waals surface area (Å²) < 4.78 is 0. The zero-order valence-electron chi connectivity index (χ0n) is 33.1. The minimum Gasteiger partial charge on any atom is -0.0939 e. The molecule has 8 fully saturated rings. The molecule has 4 aromatic carbocycles. The highest BCUT2D eigenvalue weighted by Gasteiger charge is 2.62. The third kappa shape index (κ3) is 8.13. The molecule has 12 rings (SSSR count). The van der Waals surface area contributed by atoms with E-state index in [2.05, 4.69) is 128 Å². The van der Waals surface area contributed by atoms with Gasteiger partial charge in [-0.2, -0.15) is 0 Å². The maximum atomic E-state index is 2.45. The number of unbranched alkanes of at least 4 members (excludes halogenated alkanes) is 1. The summed E-state index contributed by atoms with van der Waals surface area (Å²) in [7, 11) is -0.333. The number of hydrogen-bond acceptors (Lipinski definition) is 0. The Balaban J connectivity index is 0.000000143. The second-order valence-corrected chi connectivity index (χ2v) is 26.7. The smallest absolute Gasteiger partial charge is 0.00815 e. The van der Waals surface area contributed by atoms with Gasteiger partial charge in [0.2, 0.25) is 0 Å². The summed E-state index contributed by atoms with van der Waals surface area (Å²) in [6.07, 6.45) is 28.3. The molecular weight excluding hydrogens is 705 g/mol. The summed E-state index contributed by atoms with van der Waals surface area (Å²) >= 11 is 0. The van der Waals surface area contributed by atoms with Gasteiger partial charge >= 0.3 is 0 Å². The van der Waals surface area contributed by atoms with Crippen LogP contribution in [-0.2, 0) is 0 Å². The number of hydrogen-bond donors (Lipinski definition) is 0. The van der Waals surface area contributed by atoms with Gasteiger partial charge in [-0.3, -0.25) is 0 Å². The Morgan fingerprint density at radius 3 is 0.926 bits per heavy atom. The Kier molecular flexibility index (Phi) is 11.8. The second kappa shape index (κ2) is 16.9. The monoisotopic (exact) mass is 770 g/mol. The molecule has 0 atom stereocenters. The Bertz CT molecular complexity index is 1480. The second-order valence-electron chi connectivity index (χ2n) is 18.8. The van der Waals surface area contributed by atoms with Crippen molar-refractivity contribution in [3.05, 3.63) is 121 Å². The fourth-order valence-electron chi connectivity index (χ4n) is 13.7. The van der Waals surface area contributed by atoms with Crippen molar-refractivity contribution in [3.63, 3.8) is 0 Å². The van der Waals surface area contributed by atoms with Crippen LogP contribution in [0, 0.1) is 35.5 Å². The molecule has 0 nitrogen and oxygen atoms in total. The summed E-state index contributed by atoms with van der Waals surface area (Å²) in [5, 5.41) is 7.69. The van der Waals surface area contributed by atoms with E-state index in [1.54, 1.807) is 89.6 Å². The van der Waals surface area contributed by atoms with Crippen LogP contribution < -0.4 is 21.2 Å². The van der Waals surface area contributed by atoms with Crippen LogP contribution in [0.25, 0.3) is 0 Å². The van der Waals surface area contributed by atoms with Crippen LogP contribution in [0.4, 0.5) is 0 Å². The van der Waals surface area contributed by atoms with Crippen LogP contribution in [0.3, 0.4) is 0 Å². The Morgan fingerprint density at radius 1 is 0.389 bits per heavy atom. The van der Waals surface area contributed by atoms with Crippen LogP contribution in [-0.4, -0.2) is 28.8 Å². The molecular formula is C51H65P3. The molecule has 0 aliphatic heterocycles. The average Bonchev–Trinajstić information content (AvgIpc) is 3.19. The van der Waals surface area contributed by atoms with Crippen LogP contribution in [0.2, 0.25) is 0 Å². The molecule has 8 bridgehead atoms. The minimum absolute atomic E-state index is 0.285. The van der Waals surface area contributed by atoms with Gasteiger partial charge in [-0.15, -0.1) is 0 Å². The molecule has 0 aromatic heterocycles. The molecule has 0 amide bonds. The zero-order valence-corrected chi connectivity index (χ0v) is 35.8. The number of rotatable bonds is 13. The molecule has 0 saturated heterocycles. The van der Waals surface area contributed by atoms with Crippen molar-refractivity contribution >= 4 is 45.0 Å². The van der Waals surface area contributed by atoms with E-state index in [4.69, 9.17) is 0 Å². The van der Waals surface area contributed by atoms with Gasteiger partial charge in [0.1, 0.15) is 0 Å². The first kappa shape index (κ1) is 37.7. The van der Waals surface area contributed by atoms with Crippen molar-refractivity contribution in [2.75, 3.05) is 18.5 Å². The first-order valence-electron chi connectivity index (χ1n) is 22.1. The molecule has 54 heavy (non-hydrogen) atoms. The molecule has 0 radical (unpaired) electrons. The van der Waals surface area contributed by atoms with Crippen molar-refractivity contribution < 1.29 is 0 Å². The zero-order chi connectivity index (χ0) is 36.4. The van der Waals surface area contributed by atoms with Crippen molar-refractivity contribution in [3.8, 4) is 0 Å². The molecule has 8 saturated carbocycles. The van der Waals surface area contributed by atoms with E-state index < -0.39 is 0 Å². The predicted molar refractivity (Wildman–Crippen MR) is 241 cm³/mol. The maximum Gasteiger partial charge on any atom is -0.00815 e. The quantitative estimate of drug-likeness (QED) is 0.119. The summed E-state index contributed by atoms with van der Waals surface area (Å²) in [4.78, 5) is 0. The Morgan fingerprint density at radius 2 is 0.667 bits per heavy atom. The SMILES string of the molecule is CCCCP(C12CC3CC(CC(C3)C1)C2)C12CC3CC(CC(C3)C1)C2.c1ccc(P(CCCP(c2ccccc2)c2ccccc2)c2ccccc2)cc1. The maximum absolute atomic E-state index is 2.45. The fraction of sp³-hybridized carbons (Fsp3) is 0.529. The summed E-state index contributed by atoms with van der Waals surface area (Å²) in [5.74, 6) is 6.95. The molecule has 8 aliphatic rings. The van der Waals surface area contributed by atoms with E-state index in [1.165, 1.54) is 46.4 Å². The van der Waals surface area contributed by atoms with Gasteiger partial charge < -0.3 is 0 Å². The van der Waals surface area contributed by atoms with E-state index in [9.17, 15) is 0 Å². The van der Waals surface area contributed by atoms with Gasteiger partial charge in [0.05, 0.1) is 0 Å².